The molecule has 0 spiro atoms. The highest BCUT2D eigenvalue weighted by atomic mass is 16.7. The summed E-state index contributed by atoms with van der Waals surface area (Å²) in [5.74, 6) is -1.02. The Balaban J connectivity index is 2.52. The van der Waals surface area contributed by atoms with Crippen LogP contribution in [0, 0.1) is 12.3 Å². The Morgan fingerprint density at radius 1 is 1.00 bits per heavy atom. The molecule has 0 aliphatic carbocycles. The minimum absolute atomic E-state index is 0.0564. The van der Waals surface area contributed by atoms with Gasteiger partial charge in [0.05, 0.1) is 12.7 Å². The molecule has 2 rings (SSSR count). The Hall–Kier alpha value is -4.11. The average molecular weight is 492 g/mol. The Labute approximate surface area is 200 Å². The van der Waals surface area contributed by atoms with Crippen molar-refractivity contribution in [1.29, 1.82) is 0 Å². The molecule has 0 aromatic heterocycles. The Morgan fingerprint density at radius 2 is 1.60 bits per heavy atom. The van der Waals surface area contributed by atoms with E-state index in [9.17, 15) is 24.0 Å². The first-order valence-electron chi connectivity index (χ1n) is 10.2. The summed E-state index contributed by atoms with van der Waals surface area (Å²) in [4.78, 5) is 59.1. The fourth-order valence-electron chi connectivity index (χ4n) is 3.24. The zero-order valence-electron chi connectivity index (χ0n) is 19.4. The van der Waals surface area contributed by atoms with Crippen molar-refractivity contribution in [2.45, 2.75) is 51.5 Å². The van der Waals surface area contributed by atoms with Crippen LogP contribution in [0.1, 0.15) is 31.1 Å². The minimum atomic E-state index is -1.61. The summed E-state index contributed by atoms with van der Waals surface area (Å²) in [7, 11) is 1.07. The van der Waals surface area contributed by atoms with Crippen molar-refractivity contribution in [1.82, 2.24) is 0 Å². The molecule has 1 fully saturated rings. The highest BCUT2D eigenvalue weighted by Gasteiger charge is 2.55. The molecular weight excluding hydrogens is 468 g/mol. The summed E-state index contributed by atoms with van der Waals surface area (Å²) in [6.45, 7) is 3.08. The van der Waals surface area contributed by atoms with Crippen molar-refractivity contribution in [3.63, 3.8) is 0 Å². The molecule has 1 aliphatic heterocycles. The number of hydrogen-bond donors (Lipinski definition) is 0. The molecule has 0 amide bonds. The van der Waals surface area contributed by atoms with Gasteiger partial charge in [-0.3, -0.25) is 19.2 Å². The lowest BCUT2D eigenvalue weighted by atomic mass is 9.97. The van der Waals surface area contributed by atoms with Crippen LogP contribution in [0.25, 0.3) is 0 Å². The summed E-state index contributed by atoms with van der Waals surface area (Å²) in [6.07, 6.45) is -1.95. The lowest BCUT2D eigenvalue weighted by molar-refractivity contribution is -0.282. The van der Waals surface area contributed by atoms with Crippen molar-refractivity contribution in [3.8, 4) is 23.8 Å². The first kappa shape index (κ1) is 27.1. The van der Waals surface area contributed by atoms with E-state index in [2.05, 4.69) is 5.92 Å². The van der Waals surface area contributed by atoms with Crippen LogP contribution in [-0.4, -0.2) is 74.6 Å². The molecule has 0 radical (unpaired) electrons. The van der Waals surface area contributed by atoms with Crippen LogP contribution < -0.4 is 9.47 Å². The SMILES string of the molecule is C#CCOc1cc(O[C@@H]2O[C@H](C(=O)OC)[C@@H](OC(C)=O)[C@H](OC(C)=O)[C@H]2OC(C)=O)ccc1C=O. The molecule has 1 saturated heterocycles. The maximum atomic E-state index is 12.5. The summed E-state index contributed by atoms with van der Waals surface area (Å²) >= 11 is 0. The molecule has 12 heteroatoms. The van der Waals surface area contributed by atoms with E-state index in [1.807, 2.05) is 0 Å². The van der Waals surface area contributed by atoms with E-state index in [0.717, 1.165) is 27.9 Å². The van der Waals surface area contributed by atoms with Gasteiger partial charge in [0, 0.05) is 26.8 Å². The number of rotatable bonds is 9. The normalized spacial score (nSPS) is 23.1. The van der Waals surface area contributed by atoms with Crippen molar-refractivity contribution in [2.24, 2.45) is 0 Å². The van der Waals surface area contributed by atoms with Crippen molar-refractivity contribution < 1.29 is 57.1 Å². The first-order valence-corrected chi connectivity index (χ1v) is 10.2. The third-order valence-electron chi connectivity index (χ3n) is 4.51. The van der Waals surface area contributed by atoms with Gasteiger partial charge in [-0.05, 0) is 12.1 Å². The second-order valence-electron chi connectivity index (χ2n) is 7.10. The van der Waals surface area contributed by atoms with Gasteiger partial charge in [0.15, 0.2) is 24.6 Å². The van der Waals surface area contributed by atoms with Crippen LogP contribution in [0.5, 0.6) is 11.5 Å². The van der Waals surface area contributed by atoms with Gasteiger partial charge in [-0.1, -0.05) is 5.92 Å². The largest absolute Gasteiger partial charge is 0.480 e. The Kier molecular flexibility index (Phi) is 9.60. The number of aldehydes is 1. The van der Waals surface area contributed by atoms with Crippen LogP contribution in [0.4, 0.5) is 0 Å². The molecule has 35 heavy (non-hydrogen) atoms. The van der Waals surface area contributed by atoms with E-state index in [-0.39, 0.29) is 23.7 Å². The third kappa shape index (κ3) is 7.18. The van der Waals surface area contributed by atoms with Gasteiger partial charge < -0.3 is 33.2 Å². The molecule has 0 N–H and O–H groups in total. The Bertz CT molecular complexity index is 1010. The van der Waals surface area contributed by atoms with Gasteiger partial charge >= 0.3 is 23.9 Å². The van der Waals surface area contributed by atoms with Gasteiger partial charge in [0.25, 0.3) is 0 Å². The standard InChI is InChI=1S/C23H24O12/c1-6-9-30-17-10-16(8-7-15(17)11-24)34-23-21(33-14(4)27)19(32-13(3)26)18(31-12(2)25)20(35-23)22(28)29-5/h1,7-8,10-11,18-21,23H,9H2,2-5H3/t18-,19-,20-,21+,23+/m0/s1. The highest BCUT2D eigenvalue weighted by molar-refractivity contribution is 5.80. The molecule has 0 unspecified atom stereocenters. The number of benzene rings is 1. The number of terminal acetylenes is 1. The average Bonchev–Trinajstić information content (AvgIpc) is 2.79. The number of methoxy groups -OCH3 is 1. The summed E-state index contributed by atoms with van der Waals surface area (Å²) < 4.78 is 37.3. The Morgan fingerprint density at radius 3 is 2.14 bits per heavy atom. The van der Waals surface area contributed by atoms with Gasteiger partial charge in [0.2, 0.25) is 12.4 Å². The minimum Gasteiger partial charge on any atom is -0.480 e. The first-order chi connectivity index (χ1) is 16.6. The fraction of sp³-hybridized carbons (Fsp3) is 0.435. The molecule has 1 aromatic carbocycles. The molecule has 1 heterocycles. The maximum Gasteiger partial charge on any atom is 0.339 e. The van der Waals surface area contributed by atoms with Crippen LogP contribution in [0.2, 0.25) is 0 Å². The summed E-state index contributed by atoms with van der Waals surface area (Å²) in [5.41, 5.74) is 0.175. The van der Waals surface area contributed by atoms with Gasteiger partial charge in [-0.25, -0.2) is 4.79 Å². The molecule has 0 bridgehead atoms. The van der Waals surface area contributed by atoms with Crippen LogP contribution >= 0.6 is 0 Å². The zero-order valence-corrected chi connectivity index (χ0v) is 19.4. The van der Waals surface area contributed by atoms with Crippen molar-refractivity contribution in [2.75, 3.05) is 13.7 Å². The van der Waals surface area contributed by atoms with E-state index < -0.39 is 54.6 Å². The van der Waals surface area contributed by atoms with Gasteiger partial charge in [-0.15, -0.1) is 6.42 Å². The summed E-state index contributed by atoms with van der Waals surface area (Å²) in [6, 6.07) is 4.08. The van der Waals surface area contributed by atoms with E-state index >= 15 is 0 Å². The predicted molar refractivity (Wildman–Crippen MR) is 114 cm³/mol. The number of esters is 4. The summed E-state index contributed by atoms with van der Waals surface area (Å²) in [5, 5.41) is 0. The number of hydrogen-bond acceptors (Lipinski definition) is 12. The lowest BCUT2D eigenvalue weighted by Crippen LogP contribution is -2.64. The van der Waals surface area contributed by atoms with Crippen LogP contribution in [-0.2, 0) is 42.9 Å². The van der Waals surface area contributed by atoms with E-state index in [1.54, 1.807) is 0 Å². The van der Waals surface area contributed by atoms with Crippen LogP contribution in [0.15, 0.2) is 18.2 Å². The molecule has 12 nitrogen and oxygen atoms in total. The predicted octanol–water partition coefficient (Wildman–Crippen LogP) is 0.583. The zero-order chi connectivity index (χ0) is 26.1. The third-order valence-corrected chi connectivity index (χ3v) is 4.51. The molecule has 0 saturated carbocycles. The van der Waals surface area contributed by atoms with Gasteiger partial charge in [0.1, 0.15) is 18.1 Å². The maximum absolute atomic E-state index is 12.5. The number of carbonyl (C=O) groups excluding carboxylic acids is 5. The van der Waals surface area contributed by atoms with Crippen molar-refractivity contribution >= 4 is 30.2 Å². The van der Waals surface area contributed by atoms with Crippen LogP contribution in [0.3, 0.4) is 0 Å². The highest BCUT2D eigenvalue weighted by Crippen LogP contribution is 2.32. The number of ether oxygens (including phenoxy) is 7. The van der Waals surface area contributed by atoms with E-state index in [1.165, 1.54) is 18.2 Å². The fourth-order valence-corrected chi connectivity index (χ4v) is 3.24. The molecule has 5 atom stereocenters. The molecule has 1 aliphatic rings. The quantitative estimate of drug-likeness (QED) is 0.205. The van der Waals surface area contributed by atoms with Crippen molar-refractivity contribution in [3.05, 3.63) is 23.8 Å². The molecule has 1 aromatic rings. The monoisotopic (exact) mass is 492 g/mol. The smallest absolute Gasteiger partial charge is 0.339 e. The topological polar surface area (TPSA) is 150 Å². The second kappa shape index (κ2) is 12.4. The molecule has 188 valence electrons. The van der Waals surface area contributed by atoms with Gasteiger partial charge in [-0.2, -0.15) is 0 Å². The number of carbonyl (C=O) groups is 5. The lowest BCUT2D eigenvalue weighted by Gasteiger charge is -2.43. The van der Waals surface area contributed by atoms with E-state index in [0.29, 0.717) is 6.29 Å². The van der Waals surface area contributed by atoms with E-state index in [4.69, 9.17) is 39.6 Å². The molecular formula is C23H24O12. The second-order valence-corrected chi connectivity index (χ2v) is 7.10.